The number of halogens is 2. The average Bonchev–Trinajstić information content (AvgIpc) is 2.29. The fourth-order valence-electron chi connectivity index (χ4n) is 1.60. The van der Waals surface area contributed by atoms with Crippen molar-refractivity contribution in [3.8, 4) is 0 Å². The highest BCUT2D eigenvalue weighted by atomic mass is 19.2. The minimum atomic E-state index is -0.907. The number of rotatable bonds is 2. The Morgan fingerprint density at radius 3 is 2.47 bits per heavy atom. The van der Waals surface area contributed by atoms with Crippen LogP contribution in [0, 0.1) is 18.6 Å². The second-order valence-corrected chi connectivity index (χ2v) is 3.77. The average molecular weight is 234 g/mol. The summed E-state index contributed by atoms with van der Waals surface area (Å²) in [6.45, 7) is 1.84. The fraction of sp³-hybridized carbons (Fsp3) is 0.0769. The van der Waals surface area contributed by atoms with Gasteiger partial charge in [0, 0.05) is 0 Å². The molecule has 0 heterocycles. The van der Waals surface area contributed by atoms with Crippen LogP contribution in [-0.4, -0.2) is 0 Å². The maximum atomic E-state index is 13.5. The van der Waals surface area contributed by atoms with E-state index in [1.165, 1.54) is 12.1 Å². The number of nitrogens with one attached hydrogen (secondary N) is 1. The largest absolute Gasteiger partial charge is 0.397 e. The highest BCUT2D eigenvalue weighted by Crippen LogP contribution is 2.28. The number of para-hydroxylation sites is 1. The van der Waals surface area contributed by atoms with E-state index in [-0.39, 0.29) is 5.69 Å². The molecule has 17 heavy (non-hydrogen) atoms. The second kappa shape index (κ2) is 4.41. The van der Waals surface area contributed by atoms with Crippen molar-refractivity contribution in [1.29, 1.82) is 0 Å². The van der Waals surface area contributed by atoms with Crippen LogP contribution in [0.3, 0.4) is 0 Å². The van der Waals surface area contributed by atoms with Crippen LogP contribution < -0.4 is 11.1 Å². The van der Waals surface area contributed by atoms with E-state index in [9.17, 15) is 8.78 Å². The molecule has 2 aromatic carbocycles. The van der Waals surface area contributed by atoms with Crippen LogP contribution >= 0.6 is 0 Å². The lowest BCUT2D eigenvalue weighted by atomic mass is 10.1. The SMILES string of the molecule is Cc1cccc(N)c1Nc1cccc(F)c1F. The van der Waals surface area contributed by atoms with Crippen LogP contribution in [0.4, 0.5) is 25.8 Å². The molecule has 0 aliphatic carbocycles. The predicted octanol–water partition coefficient (Wildman–Crippen LogP) is 3.60. The van der Waals surface area contributed by atoms with Gasteiger partial charge in [-0.25, -0.2) is 8.78 Å². The summed E-state index contributed by atoms with van der Waals surface area (Å²) >= 11 is 0. The normalized spacial score (nSPS) is 10.3. The molecule has 0 saturated heterocycles. The highest BCUT2D eigenvalue weighted by molar-refractivity contribution is 5.75. The molecule has 0 bridgehead atoms. The van der Waals surface area contributed by atoms with Gasteiger partial charge in [0.05, 0.1) is 17.1 Å². The molecule has 0 saturated carbocycles. The molecule has 2 rings (SSSR count). The molecule has 88 valence electrons. The number of hydrogen-bond acceptors (Lipinski definition) is 2. The lowest BCUT2D eigenvalue weighted by Crippen LogP contribution is -2.01. The van der Waals surface area contributed by atoms with Crippen LogP contribution in [0.1, 0.15) is 5.56 Å². The van der Waals surface area contributed by atoms with Crippen LogP contribution in [-0.2, 0) is 0 Å². The Hall–Kier alpha value is -2.10. The zero-order valence-electron chi connectivity index (χ0n) is 9.30. The summed E-state index contributed by atoms with van der Waals surface area (Å²) in [4.78, 5) is 0. The van der Waals surface area contributed by atoms with E-state index in [0.717, 1.165) is 11.6 Å². The lowest BCUT2D eigenvalue weighted by Gasteiger charge is -2.12. The Labute approximate surface area is 98.1 Å². The summed E-state index contributed by atoms with van der Waals surface area (Å²) in [5.74, 6) is -1.79. The van der Waals surface area contributed by atoms with Gasteiger partial charge in [0.25, 0.3) is 0 Å². The van der Waals surface area contributed by atoms with Crippen LogP contribution in [0.2, 0.25) is 0 Å². The van der Waals surface area contributed by atoms with Crippen LogP contribution in [0.25, 0.3) is 0 Å². The van der Waals surface area contributed by atoms with Crippen molar-refractivity contribution in [2.24, 2.45) is 0 Å². The Morgan fingerprint density at radius 1 is 1.06 bits per heavy atom. The summed E-state index contributed by atoms with van der Waals surface area (Å²) in [5.41, 5.74) is 7.81. The maximum absolute atomic E-state index is 13.5. The number of benzene rings is 2. The molecule has 0 aliphatic heterocycles. The summed E-state index contributed by atoms with van der Waals surface area (Å²) in [7, 11) is 0. The molecule has 0 aromatic heterocycles. The Balaban J connectivity index is 2.42. The van der Waals surface area contributed by atoms with Crippen molar-refractivity contribution < 1.29 is 8.78 Å². The molecular formula is C13H12F2N2. The van der Waals surface area contributed by atoms with Gasteiger partial charge in [0.1, 0.15) is 0 Å². The zero-order valence-corrected chi connectivity index (χ0v) is 9.30. The zero-order chi connectivity index (χ0) is 12.4. The van der Waals surface area contributed by atoms with Gasteiger partial charge in [-0.15, -0.1) is 0 Å². The van der Waals surface area contributed by atoms with Gasteiger partial charge >= 0.3 is 0 Å². The molecule has 0 unspecified atom stereocenters. The Kier molecular flexibility index (Phi) is 2.95. The molecule has 0 spiro atoms. The van der Waals surface area contributed by atoms with Crippen LogP contribution in [0.5, 0.6) is 0 Å². The van der Waals surface area contributed by atoms with Crippen molar-refractivity contribution in [2.45, 2.75) is 6.92 Å². The third-order valence-corrected chi connectivity index (χ3v) is 2.52. The molecule has 0 amide bonds. The topological polar surface area (TPSA) is 38.0 Å². The van der Waals surface area contributed by atoms with E-state index >= 15 is 0 Å². The van der Waals surface area contributed by atoms with Gasteiger partial charge in [-0.3, -0.25) is 0 Å². The Morgan fingerprint density at radius 2 is 1.76 bits per heavy atom. The first-order valence-electron chi connectivity index (χ1n) is 5.15. The van der Waals surface area contributed by atoms with Crippen LogP contribution in [0.15, 0.2) is 36.4 Å². The summed E-state index contributed by atoms with van der Waals surface area (Å²) in [5, 5.41) is 2.81. The number of nitrogens with two attached hydrogens (primary N) is 1. The molecule has 0 aliphatic rings. The third kappa shape index (κ3) is 2.20. The molecule has 0 fully saturated rings. The molecular weight excluding hydrogens is 222 g/mol. The van der Waals surface area contributed by atoms with Gasteiger partial charge in [0.2, 0.25) is 0 Å². The minimum absolute atomic E-state index is 0.0750. The number of hydrogen-bond donors (Lipinski definition) is 2. The third-order valence-electron chi connectivity index (χ3n) is 2.52. The molecule has 0 radical (unpaired) electrons. The maximum Gasteiger partial charge on any atom is 0.182 e. The van der Waals surface area contributed by atoms with Crippen molar-refractivity contribution in [1.82, 2.24) is 0 Å². The lowest BCUT2D eigenvalue weighted by molar-refractivity contribution is 0.512. The quantitative estimate of drug-likeness (QED) is 0.779. The van der Waals surface area contributed by atoms with Gasteiger partial charge in [-0.1, -0.05) is 18.2 Å². The monoisotopic (exact) mass is 234 g/mol. The van der Waals surface area contributed by atoms with E-state index in [0.29, 0.717) is 11.4 Å². The van der Waals surface area contributed by atoms with Crippen molar-refractivity contribution in [3.63, 3.8) is 0 Å². The first-order chi connectivity index (χ1) is 8.09. The van der Waals surface area contributed by atoms with Crippen molar-refractivity contribution in [3.05, 3.63) is 53.6 Å². The van der Waals surface area contributed by atoms with Gasteiger partial charge in [0.15, 0.2) is 11.6 Å². The van der Waals surface area contributed by atoms with E-state index in [4.69, 9.17) is 5.73 Å². The van der Waals surface area contributed by atoms with Gasteiger partial charge in [-0.05, 0) is 30.7 Å². The van der Waals surface area contributed by atoms with Gasteiger partial charge < -0.3 is 11.1 Å². The van der Waals surface area contributed by atoms with Gasteiger partial charge in [-0.2, -0.15) is 0 Å². The number of aryl methyl sites for hydroxylation is 1. The smallest absolute Gasteiger partial charge is 0.182 e. The minimum Gasteiger partial charge on any atom is -0.397 e. The molecule has 2 aromatic rings. The summed E-state index contributed by atoms with van der Waals surface area (Å²) in [6.07, 6.45) is 0. The first kappa shape index (κ1) is 11.4. The number of anilines is 3. The number of nitrogen functional groups attached to an aromatic ring is 1. The second-order valence-electron chi connectivity index (χ2n) is 3.77. The highest BCUT2D eigenvalue weighted by Gasteiger charge is 2.10. The van der Waals surface area contributed by atoms with E-state index < -0.39 is 11.6 Å². The van der Waals surface area contributed by atoms with Crippen molar-refractivity contribution in [2.75, 3.05) is 11.1 Å². The van der Waals surface area contributed by atoms with E-state index in [2.05, 4.69) is 5.32 Å². The summed E-state index contributed by atoms with van der Waals surface area (Å²) in [6, 6.07) is 9.32. The molecule has 2 nitrogen and oxygen atoms in total. The van der Waals surface area contributed by atoms with E-state index in [1.807, 2.05) is 13.0 Å². The molecule has 3 N–H and O–H groups in total. The molecule has 4 heteroatoms. The predicted molar refractivity (Wildman–Crippen MR) is 65.2 cm³/mol. The standard InChI is InChI=1S/C13H12F2N2/c1-8-4-2-6-10(16)13(8)17-11-7-3-5-9(14)12(11)15/h2-7,17H,16H2,1H3. The molecule has 0 atom stereocenters. The Bertz CT molecular complexity index is 533. The first-order valence-corrected chi connectivity index (χ1v) is 5.15. The van der Waals surface area contributed by atoms with Crippen molar-refractivity contribution >= 4 is 17.1 Å². The van der Waals surface area contributed by atoms with E-state index in [1.54, 1.807) is 12.1 Å². The fourth-order valence-corrected chi connectivity index (χ4v) is 1.60. The summed E-state index contributed by atoms with van der Waals surface area (Å²) < 4.78 is 26.5.